The van der Waals surface area contributed by atoms with Crippen LogP contribution in [-0.2, 0) is 29.8 Å². The van der Waals surface area contributed by atoms with Crippen molar-refractivity contribution in [2.24, 2.45) is 0 Å². The van der Waals surface area contributed by atoms with Gasteiger partial charge in [0.1, 0.15) is 17.7 Å². The first-order chi connectivity index (χ1) is 20.2. The molecule has 0 aliphatic carbocycles. The van der Waals surface area contributed by atoms with Crippen molar-refractivity contribution in [1.29, 1.82) is 0 Å². The SMILES string of the molecule is COc1cc(-c2ccc(F)c(C(C)C)c2)c(CN2C(=O)O[C@H](c3cc(C(F)(F)F)cc(C(F)(F)F)c3)[C@@H]2C)cc1C(F)(F)F. The highest BCUT2D eigenvalue weighted by Gasteiger charge is 2.44. The predicted molar refractivity (Wildman–Crippen MR) is 138 cm³/mol. The number of ether oxygens (including phenoxy) is 2. The topological polar surface area (TPSA) is 38.8 Å². The Morgan fingerprint density at radius 2 is 1.45 bits per heavy atom. The minimum absolute atomic E-state index is 0.0703. The van der Waals surface area contributed by atoms with Crippen LogP contribution in [0.2, 0.25) is 0 Å². The molecule has 1 aliphatic rings. The Morgan fingerprint density at radius 3 is 1.95 bits per heavy atom. The minimum Gasteiger partial charge on any atom is -0.496 e. The van der Waals surface area contributed by atoms with Gasteiger partial charge in [0.25, 0.3) is 0 Å². The molecule has 238 valence electrons. The van der Waals surface area contributed by atoms with Crippen molar-refractivity contribution in [3.63, 3.8) is 0 Å². The number of benzene rings is 3. The lowest BCUT2D eigenvalue weighted by molar-refractivity contribution is -0.143. The largest absolute Gasteiger partial charge is 0.496 e. The van der Waals surface area contributed by atoms with E-state index in [0.717, 1.165) is 30.2 Å². The number of hydrogen-bond donors (Lipinski definition) is 0. The van der Waals surface area contributed by atoms with Crippen molar-refractivity contribution < 1.29 is 58.2 Å². The molecule has 0 bridgehead atoms. The van der Waals surface area contributed by atoms with Crippen LogP contribution in [0.1, 0.15) is 66.2 Å². The number of alkyl halides is 9. The van der Waals surface area contributed by atoms with Crippen LogP contribution in [0.3, 0.4) is 0 Å². The molecule has 4 nitrogen and oxygen atoms in total. The van der Waals surface area contributed by atoms with E-state index in [9.17, 15) is 48.7 Å². The monoisotopic (exact) mass is 637 g/mol. The zero-order valence-electron chi connectivity index (χ0n) is 23.5. The third-order valence-corrected chi connectivity index (χ3v) is 7.33. The number of carbonyl (C=O) groups excluding carboxylic acids is 1. The molecule has 0 radical (unpaired) electrons. The molecule has 3 aromatic rings. The minimum atomic E-state index is -5.16. The maximum absolute atomic E-state index is 14.5. The Hall–Kier alpha value is -3.97. The van der Waals surface area contributed by atoms with Gasteiger partial charge in [-0.3, -0.25) is 4.90 Å². The molecule has 4 rings (SSSR count). The van der Waals surface area contributed by atoms with Gasteiger partial charge in [-0.2, -0.15) is 39.5 Å². The predicted octanol–water partition coefficient (Wildman–Crippen LogP) is 9.76. The van der Waals surface area contributed by atoms with Crippen molar-refractivity contribution >= 4 is 6.09 Å². The highest BCUT2D eigenvalue weighted by Crippen LogP contribution is 2.44. The number of nitrogens with zero attached hydrogens (tertiary/aromatic N) is 1. The lowest BCUT2D eigenvalue weighted by atomic mass is 9.92. The number of cyclic esters (lactones) is 1. The summed E-state index contributed by atoms with van der Waals surface area (Å²) in [4.78, 5) is 13.8. The van der Waals surface area contributed by atoms with Crippen LogP contribution in [0.5, 0.6) is 5.75 Å². The van der Waals surface area contributed by atoms with Gasteiger partial charge in [-0.25, -0.2) is 9.18 Å². The molecule has 1 fully saturated rings. The summed E-state index contributed by atoms with van der Waals surface area (Å²) >= 11 is 0. The highest BCUT2D eigenvalue weighted by atomic mass is 19.4. The fraction of sp³-hybridized carbons (Fsp3) is 0.367. The second-order valence-corrected chi connectivity index (χ2v) is 10.6. The average Bonchev–Trinajstić information content (AvgIpc) is 3.19. The van der Waals surface area contributed by atoms with Crippen LogP contribution in [0.4, 0.5) is 48.7 Å². The third kappa shape index (κ3) is 6.58. The first-order valence-electron chi connectivity index (χ1n) is 13.1. The van der Waals surface area contributed by atoms with Gasteiger partial charge in [-0.1, -0.05) is 19.9 Å². The maximum atomic E-state index is 14.5. The van der Waals surface area contributed by atoms with Gasteiger partial charge in [0.05, 0.1) is 36.4 Å². The van der Waals surface area contributed by atoms with E-state index in [1.807, 2.05) is 0 Å². The normalized spacial score (nSPS) is 17.8. The van der Waals surface area contributed by atoms with Gasteiger partial charge in [0.15, 0.2) is 0 Å². The summed E-state index contributed by atoms with van der Waals surface area (Å²) in [5.74, 6) is -1.42. The van der Waals surface area contributed by atoms with E-state index in [-0.39, 0.29) is 34.2 Å². The Labute approximate surface area is 245 Å². The standard InChI is InChI=1S/C30H25F10NO3/c1-14(2)21-9-16(5-6-24(21)31)22-12-25(43-4)23(30(38,39)40)10-18(22)13-41-15(3)26(44-27(41)42)17-7-19(28(32,33)34)11-20(8-17)29(35,36)37/h5-12,14-15,26H,13H2,1-4H3/t15-,26-/m0/s1. The maximum Gasteiger partial charge on any atom is 0.419 e. The highest BCUT2D eigenvalue weighted by molar-refractivity contribution is 5.74. The zero-order valence-corrected chi connectivity index (χ0v) is 23.5. The summed E-state index contributed by atoms with van der Waals surface area (Å²) in [6.07, 6.45) is -18.0. The summed E-state index contributed by atoms with van der Waals surface area (Å²) < 4.78 is 147. The molecule has 0 saturated carbocycles. The van der Waals surface area contributed by atoms with E-state index >= 15 is 0 Å². The van der Waals surface area contributed by atoms with Gasteiger partial charge in [-0.15, -0.1) is 0 Å². The first kappa shape index (κ1) is 32.9. The molecule has 1 heterocycles. The molecule has 44 heavy (non-hydrogen) atoms. The first-order valence-corrected chi connectivity index (χ1v) is 13.1. The van der Waals surface area contributed by atoms with Gasteiger partial charge in [-0.05, 0) is 83.1 Å². The molecular weight excluding hydrogens is 612 g/mol. The second-order valence-electron chi connectivity index (χ2n) is 10.6. The summed E-state index contributed by atoms with van der Waals surface area (Å²) in [5, 5.41) is 0. The van der Waals surface area contributed by atoms with Crippen molar-refractivity contribution in [1.82, 2.24) is 4.90 Å². The van der Waals surface area contributed by atoms with Gasteiger partial charge < -0.3 is 9.47 Å². The van der Waals surface area contributed by atoms with Crippen LogP contribution in [0, 0.1) is 5.82 Å². The van der Waals surface area contributed by atoms with Crippen LogP contribution < -0.4 is 4.74 Å². The van der Waals surface area contributed by atoms with Gasteiger partial charge >= 0.3 is 24.6 Å². The van der Waals surface area contributed by atoms with Crippen molar-refractivity contribution in [2.45, 2.75) is 63.9 Å². The van der Waals surface area contributed by atoms with E-state index in [1.165, 1.54) is 19.1 Å². The Morgan fingerprint density at radius 1 is 0.864 bits per heavy atom. The Kier molecular flexibility index (Phi) is 8.62. The van der Waals surface area contributed by atoms with Crippen molar-refractivity contribution in [3.8, 4) is 16.9 Å². The summed E-state index contributed by atoms with van der Waals surface area (Å²) in [5.41, 5.74) is -4.48. The fourth-order valence-corrected chi connectivity index (χ4v) is 5.05. The molecule has 1 aliphatic heterocycles. The number of carbonyl (C=O) groups is 1. The lowest BCUT2D eigenvalue weighted by Crippen LogP contribution is -2.32. The number of halogens is 10. The van der Waals surface area contributed by atoms with Crippen LogP contribution in [-0.4, -0.2) is 24.1 Å². The lowest BCUT2D eigenvalue weighted by Gasteiger charge is -2.25. The quantitative estimate of drug-likeness (QED) is 0.253. The van der Waals surface area contributed by atoms with E-state index in [0.29, 0.717) is 12.1 Å². The number of rotatable bonds is 6. The molecule has 1 saturated heterocycles. The third-order valence-electron chi connectivity index (χ3n) is 7.33. The number of methoxy groups -OCH3 is 1. The van der Waals surface area contributed by atoms with Crippen LogP contribution >= 0.6 is 0 Å². The van der Waals surface area contributed by atoms with E-state index in [1.54, 1.807) is 13.8 Å². The Balaban J connectivity index is 1.82. The molecule has 0 spiro atoms. The molecule has 0 aromatic heterocycles. The van der Waals surface area contributed by atoms with E-state index in [2.05, 4.69) is 0 Å². The molecular formula is C30H25F10NO3. The molecule has 14 heteroatoms. The molecule has 3 aromatic carbocycles. The molecule has 2 atom stereocenters. The molecule has 1 amide bonds. The molecule has 0 unspecified atom stereocenters. The molecule has 0 N–H and O–H groups in total. The fourth-order valence-electron chi connectivity index (χ4n) is 5.05. The Bertz CT molecular complexity index is 1530. The zero-order chi connectivity index (χ0) is 32.9. The van der Waals surface area contributed by atoms with Crippen molar-refractivity contribution in [2.75, 3.05) is 7.11 Å². The smallest absolute Gasteiger partial charge is 0.419 e. The van der Waals surface area contributed by atoms with Crippen molar-refractivity contribution in [3.05, 3.63) is 87.7 Å². The number of amides is 1. The van der Waals surface area contributed by atoms with Gasteiger partial charge in [0.2, 0.25) is 0 Å². The number of hydrogen-bond acceptors (Lipinski definition) is 3. The summed E-state index contributed by atoms with van der Waals surface area (Å²) in [6.45, 7) is 4.11. The van der Waals surface area contributed by atoms with E-state index < -0.39 is 77.1 Å². The summed E-state index contributed by atoms with van der Waals surface area (Å²) in [7, 11) is 1.02. The average molecular weight is 638 g/mol. The van der Waals surface area contributed by atoms with Gasteiger partial charge in [0, 0.05) is 0 Å². The second kappa shape index (κ2) is 11.5. The summed E-state index contributed by atoms with van der Waals surface area (Å²) in [6, 6.07) is 5.26. The van der Waals surface area contributed by atoms with Crippen LogP contribution in [0.25, 0.3) is 11.1 Å². The van der Waals surface area contributed by atoms with Crippen LogP contribution in [0.15, 0.2) is 48.5 Å². The van der Waals surface area contributed by atoms with E-state index in [4.69, 9.17) is 9.47 Å².